The van der Waals surface area contributed by atoms with Gasteiger partial charge >= 0.3 is 0 Å². The van der Waals surface area contributed by atoms with E-state index in [4.69, 9.17) is 15.3 Å². The van der Waals surface area contributed by atoms with Crippen molar-refractivity contribution in [2.75, 3.05) is 0 Å². The molecule has 1 aliphatic carbocycles. The van der Waals surface area contributed by atoms with E-state index in [0.717, 1.165) is 67.2 Å². The zero-order valence-electron chi connectivity index (χ0n) is 26.0. The molecule has 0 bridgehead atoms. The molecule has 228 valence electrons. The normalized spacial score (nSPS) is 15.7. The summed E-state index contributed by atoms with van der Waals surface area (Å²) in [5, 5.41) is 15.9. The van der Waals surface area contributed by atoms with Crippen LogP contribution in [0.5, 0.6) is 0 Å². The predicted octanol–water partition coefficient (Wildman–Crippen LogP) is 9.52. The molecule has 6 heteroatoms. The quantitative estimate of drug-likeness (QED) is 0.111. The van der Waals surface area contributed by atoms with Gasteiger partial charge in [0, 0.05) is 40.0 Å². The zero-order valence-corrected chi connectivity index (χ0v) is 26.0. The van der Waals surface area contributed by atoms with Gasteiger partial charge in [0.1, 0.15) is 11.7 Å². The van der Waals surface area contributed by atoms with Crippen molar-refractivity contribution in [1.29, 1.82) is 5.26 Å². The molecular weight excluding hydrogens is 578 g/mol. The van der Waals surface area contributed by atoms with Gasteiger partial charge in [-0.2, -0.15) is 5.26 Å². The van der Waals surface area contributed by atoms with Crippen molar-refractivity contribution >= 4 is 50.0 Å². The summed E-state index contributed by atoms with van der Waals surface area (Å²) in [7, 11) is 0. The van der Waals surface area contributed by atoms with E-state index in [1.54, 1.807) is 11.1 Å². The third-order valence-electron chi connectivity index (χ3n) is 9.22. The van der Waals surface area contributed by atoms with Crippen molar-refractivity contribution in [3.63, 3.8) is 0 Å². The van der Waals surface area contributed by atoms with Crippen molar-refractivity contribution in [3.05, 3.63) is 150 Å². The SMILES string of the molecule is CC1CC=CC=C1C=NC(c1cccc(C#N)c1)N(N)Cc1ccc(-n2c3ccccc3c3ccc4c5ccccc5oc4c32)cc1. The molecule has 8 rings (SSSR count). The summed E-state index contributed by atoms with van der Waals surface area (Å²) in [6, 6.07) is 39.4. The summed E-state index contributed by atoms with van der Waals surface area (Å²) >= 11 is 0. The molecule has 47 heavy (non-hydrogen) atoms. The molecule has 0 amide bonds. The number of furan rings is 1. The maximum Gasteiger partial charge on any atom is 0.160 e. The molecule has 2 aromatic heterocycles. The molecular formula is C41H33N5O. The number of hydrazine groups is 1. The standard InChI is InChI=1S/C41H33N5O/c1-27-9-2-3-11-31(27)25-44-41(30-12-8-10-29(23-30)24-42)45(43)26-28-17-19-32(20-18-28)46-37-15-6-4-13-33(37)35-21-22-36-34-14-5-7-16-38(34)47-40(36)39(35)46/h2-8,10-23,25,27,41H,9,26,43H2,1H3. The minimum Gasteiger partial charge on any atom is -0.454 e. The molecule has 2 unspecified atom stereocenters. The van der Waals surface area contributed by atoms with E-state index in [9.17, 15) is 5.26 Å². The van der Waals surface area contributed by atoms with E-state index < -0.39 is 6.17 Å². The Hall–Kier alpha value is -5.74. The molecule has 6 nitrogen and oxygen atoms in total. The molecule has 0 spiro atoms. The van der Waals surface area contributed by atoms with Crippen molar-refractivity contribution in [2.24, 2.45) is 16.8 Å². The van der Waals surface area contributed by atoms with Crippen LogP contribution >= 0.6 is 0 Å². The number of nitrogens with two attached hydrogens (primary N) is 1. The summed E-state index contributed by atoms with van der Waals surface area (Å²) in [6.45, 7) is 2.67. The largest absolute Gasteiger partial charge is 0.454 e. The summed E-state index contributed by atoms with van der Waals surface area (Å²) in [4.78, 5) is 4.96. The molecule has 2 N–H and O–H groups in total. The fraction of sp³-hybridized carbons (Fsp3) is 0.122. The number of aliphatic imine (C=N–C) groups is 1. The number of benzene rings is 5. The number of hydrogen-bond acceptors (Lipinski definition) is 5. The minimum atomic E-state index is -0.458. The Kier molecular flexibility index (Phi) is 7.26. The number of hydrogen-bond donors (Lipinski definition) is 1. The lowest BCUT2D eigenvalue weighted by Gasteiger charge is -2.25. The van der Waals surface area contributed by atoms with Crippen LogP contribution in [0.2, 0.25) is 0 Å². The van der Waals surface area contributed by atoms with Crippen LogP contribution in [0.15, 0.2) is 142 Å². The second-order valence-corrected chi connectivity index (χ2v) is 12.2. The van der Waals surface area contributed by atoms with Crippen LogP contribution in [-0.4, -0.2) is 15.8 Å². The van der Waals surface area contributed by atoms with E-state index in [1.807, 2.05) is 36.5 Å². The first-order valence-electron chi connectivity index (χ1n) is 15.9. The predicted molar refractivity (Wildman–Crippen MR) is 191 cm³/mol. The number of nitrogens with zero attached hydrogens (tertiary/aromatic N) is 4. The average molecular weight is 612 g/mol. The maximum absolute atomic E-state index is 9.56. The molecule has 2 atom stereocenters. The van der Waals surface area contributed by atoms with Gasteiger partial charge in [0.15, 0.2) is 5.58 Å². The number of nitriles is 1. The molecule has 0 radical (unpaired) electrons. The summed E-state index contributed by atoms with van der Waals surface area (Å²) < 4.78 is 8.81. The van der Waals surface area contributed by atoms with Crippen molar-refractivity contribution < 1.29 is 4.42 Å². The van der Waals surface area contributed by atoms with Crippen molar-refractivity contribution in [1.82, 2.24) is 9.58 Å². The second kappa shape index (κ2) is 11.9. The third kappa shape index (κ3) is 5.12. The lowest BCUT2D eigenvalue weighted by atomic mass is 9.94. The van der Waals surface area contributed by atoms with Crippen LogP contribution in [-0.2, 0) is 6.54 Å². The van der Waals surface area contributed by atoms with Crippen LogP contribution in [0.25, 0.3) is 49.4 Å². The number of aromatic nitrogens is 1. The van der Waals surface area contributed by atoms with Gasteiger partial charge in [-0.1, -0.05) is 91.9 Å². The summed E-state index contributed by atoms with van der Waals surface area (Å²) in [6.07, 6.45) is 8.81. The van der Waals surface area contributed by atoms with E-state index in [2.05, 4.69) is 109 Å². The zero-order chi connectivity index (χ0) is 31.9. The van der Waals surface area contributed by atoms with Crippen LogP contribution < -0.4 is 5.84 Å². The van der Waals surface area contributed by atoms with Gasteiger partial charge in [0.2, 0.25) is 0 Å². The lowest BCUT2D eigenvalue weighted by Crippen LogP contribution is -2.34. The highest BCUT2D eigenvalue weighted by molar-refractivity contribution is 6.21. The van der Waals surface area contributed by atoms with Gasteiger partial charge in [0.25, 0.3) is 0 Å². The molecule has 2 heterocycles. The Morgan fingerprint density at radius 3 is 2.55 bits per heavy atom. The fourth-order valence-electron chi connectivity index (χ4n) is 6.77. The number of para-hydroxylation sites is 2. The average Bonchev–Trinajstić information content (AvgIpc) is 3.66. The van der Waals surface area contributed by atoms with Crippen molar-refractivity contribution in [2.45, 2.75) is 26.1 Å². The van der Waals surface area contributed by atoms with Crippen LogP contribution in [0, 0.1) is 17.2 Å². The van der Waals surface area contributed by atoms with Gasteiger partial charge in [0.05, 0.1) is 22.7 Å². The number of fused-ring (bicyclic) bond motifs is 7. The molecule has 5 aromatic carbocycles. The Morgan fingerprint density at radius 2 is 1.72 bits per heavy atom. The highest BCUT2D eigenvalue weighted by atomic mass is 16.3. The van der Waals surface area contributed by atoms with E-state index in [1.165, 1.54) is 5.39 Å². The first kappa shape index (κ1) is 28.7. The topological polar surface area (TPSA) is 83.5 Å². The fourth-order valence-corrected chi connectivity index (χ4v) is 6.77. The summed E-state index contributed by atoms with van der Waals surface area (Å²) in [5.41, 5.74) is 8.66. The Bertz CT molecular complexity index is 2420. The van der Waals surface area contributed by atoms with Gasteiger partial charge in [-0.05, 0) is 71.5 Å². The maximum atomic E-state index is 9.56. The van der Waals surface area contributed by atoms with Crippen LogP contribution in [0.3, 0.4) is 0 Å². The number of rotatable bonds is 7. The molecule has 0 saturated carbocycles. The van der Waals surface area contributed by atoms with Crippen molar-refractivity contribution in [3.8, 4) is 11.8 Å². The van der Waals surface area contributed by atoms with Crippen LogP contribution in [0.1, 0.15) is 36.2 Å². The van der Waals surface area contributed by atoms with Crippen LogP contribution in [0.4, 0.5) is 0 Å². The number of allylic oxidation sites excluding steroid dienone is 4. The van der Waals surface area contributed by atoms with Gasteiger partial charge in [-0.25, -0.2) is 5.01 Å². The Labute approximate surface area is 272 Å². The molecule has 0 saturated heterocycles. The Balaban J connectivity index is 1.17. The van der Waals surface area contributed by atoms with E-state index in [-0.39, 0.29) is 0 Å². The van der Waals surface area contributed by atoms with E-state index in [0.29, 0.717) is 18.0 Å². The highest BCUT2D eigenvalue weighted by Gasteiger charge is 2.21. The highest BCUT2D eigenvalue weighted by Crippen LogP contribution is 2.40. The lowest BCUT2D eigenvalue weighted by molar-refractivity contribution is 0.199. The second-order valence-electron chi connectivity index (χ2n) is 12.2. The third-order valence-corrected chi connectivity index (χ3v) is 9.22. The first-order valence-corrected chi connectivity index (χ1v) is 15.9. The monoisotopic (exact) mass is 611 g/mol. The first-order chi connectivity index (χ1) is 23.1. The van der Waals surface area contributed by atoms with E-state index >= 15 is 0 Å². The van der Waals surface area contributed by atoms with Gasteiger partial charge in [-0.3, -0.25) is 10.8 Å². The Morgan fingerprint density at radius 1 is 0.936 bits per heavy atom. The summed E-state index contributed by atoms with van der Waals surface area (Å²) in [5.74, 6) is 7.17. The van der Waals surface area contributed by atoms with Gasteiger partial charge < -0.3 is 8.98 Å². The molecule has 1 aliphatic rings. The molecule has 7 aromatic rings. The van der Waals surface area contributed by atoms with Gasteiger partial charge in [-0.15, -0.1) is 0 Å². The molecule has 0 aliphatic heterocycles. The minimum absolute atomic E-state index is 0.384. The smallest absolute Gasteiger partial charge is 0.160 e. The molecule has 0 fully saturated rings.